The molecule has 0 aliphatic rings. The molecule has 0 aliphatic carbocycles. The molecule has 0 N–H and O–H groups in total. The summed E-state index contributed by atoms with van der Waals surface area (Å²) in [4.78, 5) is 0. The summed E-state index contributed by atoms with van der Waals surface area (Å²) in [5.41, 5.74) is 0. The van der Waals surface area contributed by atoms with Crippen molar-refractivity contribution in [3.63, 3.8) is 0 Å². The second kappa shape index (κ2) is 5.68. The van der Waals surface area contributed by atoms with Crippen LogP contribution in [0.25, 0.3) is 0 Å². The molecule has 0 saturated carbocycles. The highest BCUT2D eigenvalue weighted by atomic mass is 31.1. The van der Waals surface area contributed by atoms with E-state index in [1.807, 2.05) is 0 Å². The van der Waals surface area contributed by atoms with Gasteiger partial charge in [-0.05, 0) is 24.6 Å². The van der Waals surface area contributed by atoms with Gasteiger partial charge in [-0.3, -0.25) is 4.67 Å². The van der Waals surface area contributed by atoms with Crippen LogP contribution in [0.15, 0.2) is 30.3 Å². The van der Waals surface area contributed by atoms with Gasteiger partial charge in [0.2, 0.25) is 0 Å². The molecule has 0 fully saturated rings. The molecular formula is C12H20BNP. The van der Waals surface area contributed by atoms with Gasteiger partial charge in [0.25, 0.3) is 0 Å². The van der Waals surface area contributed by atoms with Crippen LogP contribution < -0.4 is 5.30 Å². The zero-order valence-electron chi connectivity index (χ0n) is 10.4. The van der Waals surface area contributed by atoms with Crippen molar-refractivity contribution in [3.8, 4) is 0 Å². The third-order valence-electron chi connectivity index (χ3n) is 2.04. The fourth-order valence-corrected chi connectivity index (χ4v) is 4.68. The Balaban J connectivity index is 0.00000196. The molecule has 3 radical (unpaired) electrons. The lowest BCUT2D eigenvalue weighted by molar-refractivity contribution is 0.637. The predicted molar refractivity (Wildman–Crippen MR) is 72.2 cm³/mol. The maximum Gasteiger partial charge on any atom is 0.00106 e. The van der Waals surface area contributed by atoms with Crippen LogP contribution >= 0.6 is 8.07 Å². The summed E-state index contributed by atoms with van der Waals surface area (Å²) in [6, 6.07) is 10.8. The first-order chi connectivity index (χ1) is 6.43. The summed E-state index contributed by atoms with van der Waals surface area (Å²) in [6.07, 6.45) is 0. The van der Waals surface area contributed by atoms with Crippen LogP contribution in [-0.2, 0) is 0 Å². The number of benzene rings is 1. The first-order valence-electron chi connectivity index (χ1n) is 4.95. The minimum atomic E-state index is -0.222. The Hall–Kier alpha value is -0.325. The average Bonchev–Trinajstić information content (AvgIpc) is 2.02. The molecule has 0 aromatic heterocycles. The molecule has 1 rings (SSSR count). The number of hydrogen-bond acceptors (Lipinski definition) is 1. The van der Waals surface area contributed by atoms with Gasteiger partial charge in [-0.2, -0.15) is 0 Å². The van der Waals surface area contributed by atoms with E-state index >= 15 is 0 Å². The summed E-state index contributed by atoms with van der Waals surface area (Å²) in [6.45, 7) is 6.93. The highest BCUT2D eigenvalue weighted by Gasteiger charge is 2.27. The Morgan fingerprint density at radius 3 is 1.80 bits per heavy atom. The molecule has 0 heterocycles. The Labute approximate surface area is 97.3 Å². The van der Waals surface area contributed by atoms with E-state index in [-0.39, 0.29) is 16.5 Å². The number of nitrogens with zero attached hydrogens (tertiary/aromatic N) is 1. The molecule has 0 spiro atoms. The number of hydrogen-bond donors (Lipinski definition) is 0. The molecular weight excluding hydrogens is 200 g/mol. The smallest absolute Gasteiger partial charge is 0.00106 e. The van der Waals surface area contributed by atoms with Crippen LogP contribution in [0.1, 0.15) is 20.8 Å². The first-order valence-corrected chi connectivity index (χ1v) is 6.25. The minimum absolute atomic E-state index is 0. The minimum Gasteiger partial charge on any atom is -0.284 e. The summed E-state index contributed by atoms with van der Waals surface area (Å²) in [5, 5.41) is 1.79. The molecule has 3 heteroatoms. The Kier molecular flexibility index (Phi) is 5.55. The van der Waals surface area contributed by atoms with Crippen molar-refractivity contribution in [2.24, 2.45) is 0 Å². The molecule has 0 unspecified atom stereocenters. The highest BCUT2D eigenvalue weighted by Crippen LogP contribution is 2.49. The van der Waals surface area contributed by atoms with E-state index in [2.05, 4.69) is 69.9 Å². The van der Waals surface area contributed by atoms with Crippen LogP contribution in [0.4, 0.5) is 0 Å². The quantitative estimate of drug-likeness (QED) is 0.547. The lowest BCUT2D eigenvalue weighted by Gasteiger charge is -2.36. The van der Waals surface area contributed by atoms with Crippen LogP contribution in [0.5, 0.6) is 0 Å². The summed E-state index contributed by atoms with van der Waals surface area (Å²) < 4.78 is 2.35. The summed E-state index contributed by atoms with van der Waals surface area (Å²) in [5.74, 6) is 0. The molecule has 1 aromatic rings. The van der Waals surface area contributed by atoms with Gasteiger partial charge in [0.15, 0.2) is 0 Å². The van der Waals surface area contributed by atoms with Crippen molar-refractivity contribution < 1.29 is 0 Å². The van der Waals surface area contributed by atoms with Gasteiger partial charge < -0.3 is 0 Å². The standard InChI is InChI=1S/C12H20NP.B/c1-12(2,3)14(13(4)5)11-9-7-6-8-10-11;/h6-10H,1-5H3;/t14-;/m1./s1. The van der Waals surface area contributed by atoms with Crippen LogP contribution in [0.2, 0.25) is 0 Å². The van der Waals surface area contributed by atoms with Gasteiger partial charge in [0.1, 0.15) is 0 Å². The van der Waals surface area contributed by atoms with Gasteiger partial charge in [0, 0.05) is 16.5 Å². The van der Waals surface area contributed by atoms with Crippen LogP contribution in [-0.4, -0.2) is 32.3 Å². The lowest BCUT2D eigenvalue weighted by Crippen LogP contribution is -2.27. The second-order valence-electron chi connectivity index (χ2n) is 4.67. The van der Waals surface area contributed by atoms with E-state index in [0.717, 1.165) is 0 Å². The van der Waals surface area contributed by atoms with E-state index in [1.165, 1.54) is 5.30 Å². The van der Waals surface area contributed by atoms with Gasteiger partial charge in [-0.25, -0.2) is 0 Å². The summed E-state index contributed by atoms with van der Waals surface area (Å²) >= 11 is 0. The van der Waals surface area contributed by atoms with E-state index in [4.69, 9.17) is 0 Å². The monoisotopic (exact) mass is 220 g/mol. The molecule has 0 saturated heterocycles. The zero-order valence-corrected chi connectivity index (χ0v) is 11.3. The van der Waals surface area contributed by atoms with Crippen molar-refractivity contribution in [2.45, 2.75) is 25.9 Å². The zero-order chi connectivity index (χ0) is 10.8. The topological polar surface area (TPSA) is 3.24 Å². The molecule has 0 bridgehead atoms. The largest absolute Gasteiger partial charge is 0.284 e. The predicted octanol–water partition coefficient (Wildman–Crippen LogP) is 2.69. The maximum absolute atomic E-state index is 2.35. The molecule has 1 nitrogen and oxygen atoms in total. The van der Waals surface area contributed by atoms with Gasteiger partial charge in [-0.1, -0.05) is 51.1 Å². The van der Waals surface area contributed by atoms with E-state index in [9.17, 15) is 0 Å². The van der Waals surface area contributed by atoms with Crippen molar-refractivity contribution in [1.82, 2.24) is 4.67 Å². The van der Waals surface area contributed by atoms with Gasteiger partial charge in [-0.15, -0.1) is 0 Å². The van der Waals surface area contributed by atoms with Gasteiger partial charge >= 0.3 is 0 Å². The van der Waals surface area contributed by atoms with Gasteiger partial charge in [0.05, 0.1) is 0 Å². The molecule has 15 heavy (non-hydrogen) atoms. The molecule has 81 valence electrons. The fraction of sp³-hybridized carbons (Fsp3) is 0.500. The van der Waals surface area contributed by atoms with E-state index in [1.54, 1.807) is 0 Å². The molecule has 0 aliphatic heterocycles. The van der Waals surface area contributed by atoms with Crippen molar-refractivity contribution in [2.75, 3.05) is 14.1 Å². The first kappa shape index (κ1) is 14.7. The number of rotatable bonds is 2. The fourth-order valence-electron chi connectivity index (χ4n) is 1.79. The average molecular weight is 220 g/mol. The van der Waals surface area contributed by atoms with E-state index in [0.29, 0.717) is 5.16 Å². The normalized spacial score (nSPS) is 13.5. The summed E-state index contributed by atoms with van der Waals surface area (Å²) in [7, 11) is 4.12. The van der Waals surface area contributed by atoms with E-state index < -0.39 is 0 Å². The van der Waals surface area contributed by atoms with Crippen LogP contribution in [0, 0.1) is 0 Å². The van der Waals surface area contributed by atoms with Crippen molar-refractivity contribution in [3.05, 3.63) is 30.3 Å². The van der Waals surface area contributed by atoms with Crippen LogP contribution in [0.3, 0.4) is 0 Å². The third kappa shape index (κ3) is 3.97. The van der Waals surface area contributed by atoms with Crippen molar-refractivity contribution in [1.29, 1.82) is 0 Å². The maximum atomic E-state index is 2.35. The third-order valence-corrected chi connectivity index (χ3v) is 4.89. The Morgan fingerprint density at radius 1 is 1.00 bits per heavy atom. The molecule has 1 atom stereocenters. The molecule has 1 aromatic carbocycles. The van der Waals surface area contributed by atoms with Crippen molar-refractivity contribution >= 4 is 21.8 Å². The lowest BCUT2D eigenvalue weighted by atomic mass is 10.3. The Bertz CT molecular complexity index is 279. The molecule has 0 amide bonds. The second-order valence-corrected chi connectivity index (χ2v) is 7.95. The SMILES string of the molecule is CN(C)[P@](c1ccccc1)C(C)(C)C.[B]. The Morgan fingerprint density at radius 2 is 1.47 bits per heavy atom. The highest BCUT2D eigenvalue weighted by molar-refractivity contribution is 7.64.